The van der Waals surface area contributed by atoms with Gasteiger partial charge in [0.2, 0.25) is 5.79 Å². The van der Waals surface area contributed by atoms with E-state index in [1.807, 2.05) is 26.8 Å². The van der Waals surface area contributed by atoms with Gasteiger partial charge in [-0.05, 0) is 95.5 Å². The zero-order valence-corrected chi connectivity index (χ0v) is 34.0. The van der Waals surface area contributed by atoms with Gasteiger partial charge in [0.1, 0.15) is 24.0 Å². The first-order chi connectivity index (χ1) is 25.6. The van der Waals surface area contributed by atoms with Crippen LogP contribution in [0.25, 0.3) is 0 Å². The number of amides is 1. The Morgan fingerprint density at radius 3 is 2.37 bits per heavy atom. The van der Waals surface area contributed by atoms with Gasteiger partial charge in [-0.25, -0.2) is 4.79 Å². The van der Waals surface area contributed by atoms with Crippen LogP contribution in [0.2, 0.25) is 0 Å². The molecule has 1 aliphatic carbocycles. The molecule has 1 amide bonds. The van der Waals surface area contributed by atoms with Gasteiger partial charge in [-0.15, -0.1) is 0 Å². The molecule has 3 aliphatic heterocycles. The molecule has 3 heterocycles. The van der Waals surface area contributed by atoms with Crippen molar-refractivity contribution in [3.8, 4) is 0 Å². The number of carbonyl (C=O) groups is 4. The number of esters is 1. The van der Waals surface area contributed by atoms with Crippen molar-refractivity contribution in [3.63, 3.8) is 0 Å². The maximum absolute atomic E-state index is 14.2. The number of aliphatic hydroxyl groups is 2. The van der Waals surface area contributed by atoms with E-state index in [2.05, 4.69) is 25.2 Å². The van der Waals surface area contributed by atoms with Gasteiger partial charge in [0.15, 0.2) is 0 Å². The zero-order chi connectivity index (χ0) is 39.7. The van der Waals surface area contributed by atoms with Crippen molar-refractivity contribution in [2.24, 2.45) is 29.6 Å². The molecule has 2 bridgehead atoms. The highest BCUT2D eigenvalue weighted by Crippen LogP contribution is 2.39. The summed E-state index contributed by atoms with van der Waals surface area (Å²) in [5.74, 6) is -6.90. The predicted molar refractivity (Wildman–Crippen MR) is 205 cm³/mol. The van der Waals surface area contributed by atoms with Crippen LogP contribution in [0, 0.1) is 29.6 Å². The normalized spacial score (nSPS) is 38.6. The second kappa shape index (κ2) is 19.9. The molecule has 0 spiro atoms. The molecule has 4 aliphatic rings. The number of carbonyl (C=O) groups excluding carboxylic acids is 4. The minimum atomic E-state index is -2.47. The monoisotopic (exact) mass is 757 g/mol. The minimum absolute atomic E-state index is 0.0571. The largest absolute Gasteiger partial charge is 0.456 e. The number of nitrogens with zero attached hydrogens (tertiary/aromatic N) is 1. The lowest BCUT2D eigenvalue weighted by Gasteiger charge is -2.47. The number of ketones is 2. The highest BCUT2D eigenvalue weighted by Gasteiger charge is 2.56. The summed E-state index contributed by atoms with van der Waals surface area (Å²) in [7, 11) is 3.09. The van der Waals surface area contributed by atoms with Crippen molar-refractivity contribution in [3.05, 3.63) is 35.5 Å². The smallest absolute Gasteiger partial charge is 0.329 e. The van der Waals surface area contributed by atoms with Gasteiger partial charge >= 0.3 is 5.97 Å². The van der Waals surface area contributed by atoms with Gasteiger partial charge in [0.25, 0.3) is 11.7 Å². The summed E-state index contributed by atoms with van der Waals surface area (Å²) < 4.78 is 24.3. The highest BCUT2D eigenvalue weighted by molar-refractivity contribution is 6.39. The second-order valence-electron chi connectivity index (χ2n) is 16.7. The minimum Gasteiger partial charge on any atom is -0.456 e. The van der Waals surface area contributed by atoms with Crippen LogP contribution < -0.4 is 0 Å². The Labute approximate surface area is 322 Å². The Morgan fingerprint density at radius 1 is 1.02 bits per heavy atom. The molecule has 0 saturated carbocycles. The Hall–Kier alpha value is -2.70. The molecule has 0 aromatic heterocycles. The van der Waals surface area contributed by atoms with Crippen LogP contribution in [0.5, 0.6) is 0 Å². The van der Waals surface area contributed by atoms with E-state index < -0.39 is 71.8 Å². The SMILES string of the molecule is CCCC1C=C(C)CC(C)CC(OC)C2OC(O)(C(=O)C(=O)N3CCCCC3C(=O)OC(C(C)=CC3CC=CCC3)C(C)C(O)CC1=O)C(C)CC2OC. The fraction of sp³-hybridized carbons (Fsp3) is 0.767. The number of rotatable bonds is 6. The molecule has 12 atom stereocenters. The van der Waals surface area contributed by atoms with Crippen LogP contribution in [0.1, 0.15) is 119 Å². The quantitative estimate of drug-likeness (QED) is 0.187. The van der Waals surface area contributed by atoms with Crippen molar-refractivity contribution >= 4 is 23.4 Å². The fourth-order valence-corrected chi connectivity index (χ4v) is 9.02. The standard InChI is InChI=1S/C43H67NO10/c1-9-15-32-21-26(2)20-27(3)22-36(51-7)39-37(52-8)24-29(5)43(50,54-39)40(47)41(48)44-19-14-13-18-33(44)42(49)53-38(30(6)34(45)25-35(32)46)28(4)23-31-16-11-10-12-17-31/h10-11,21,23,27,29-34,36-39,45,50H,9,12-20,22,24-25H2,1-8H3. The first-order valence-electron chi connectivity index (χ1n) is 20.4. The fourth-order valence-electron chi connectivity index (χ4n) is 9.02. The Balaban J connectivity index is 1.77. The summed E-state index contributed by atoms with van der Waals surface area (Å²) in [5.41, 5.74) is 1.80. The molecule has 0 aromatic rings. The van der Waals surface area contributed by atoms with E-state index in [4.69, 9.17) is 18.9 Å². The molecular weight excluding hydrogens is 690 g/mol. The summed E-state index contributed by atoms with van der Waals surface area (Å²) in [6.07, 6.45) is 11.4. The van der Waals surface area contributed by atoms with Crippen LogP contribution in [-0.4, -0.2) is 102 Å². The lowest BCUT2D eigenvalue weighted by atomic mass is 9.82. The number of cyclic esters (lactones) is 1. The number of fused-ring (bicyclic) bond motifs is 3. The zero-order valence-electron chi connectivity index (χ0n) is 34.0. The highest BCUT2D eigenvalue weighted by atomic mass is 16.7. The Kier molecular flexibility index (Phi) is 16.3. The number of hydrogen-bond donors (Lipinski definition) is 2. The molecule has 2 N–H and O–H groups in total. The number of piperidine rings is 1. The van der Waals surface area contributed by atoms with Crippen LogP contribution in [0.3, 0.4) is 0 Å². The molecule has 4 rings (SSSR count). The van der Waals surface area contributed by atoms with Crippen molar-refractivity contribution in [1.29, 1.82) is 0 Å². The lowest BCUT2D eigenvalue weighted by molar-refractivity contribution is -0.302. The van der Waals surface area contributed by atoms with Crippen molar-refractivity contribution in [2.75, 3.05) is 20.8 Å². The third kappa shape index (κ3) is 10.6. The first kappa shape index (κ1) is 44.0. The summed E-state index contributed by atoms with van der Waals surface area (Å²) >= 11 is 0. The third-order valence-electron chi connectivity index (χ3n) is 12.3. The molecule has 12 unspecified atom stereocenters. The number of ether oxygens (including phenoxy) is 4. The molecular formula is C43H67NO10. The van der Waals surface area contributed by atoms with Gasteiger partial charge in [-0.2, -0.15) is 0 Å². The number of Topliss-reactive ketones (excluding diaryl/α,β-unsaturated/α-hetero) is 2. The molecule has 11 nitrogen and oxygen atoms in total. The number of aliphatic hydroxyl groups excluding tert-OH is 1. The molecule has 0 radical (unpaired) electrons. The average molecular weight is 758 g/mol. The van der Waals surface area contributed by atoms with Crippen molar-refractivity contribution in [1.82, 2.24) is 4.90 Å². The van der Waals surface area contributed by atoms with Crippen LogP contribution in [-0.2, 0) is 38.1 Å². The second-order valence-corrected chi connectivity index (χ2v) is 16.7. The summed E-state index contributed by atoms with van der Waals surface area (Å²) in [6, 6.07) is -1.08. The first-order valence-corrected chi connectivity index (χ1v) is 20.4. The average Bonchev–Trinajstić information content (AvgIpc) is 3.15. The van der Waals surface area contributed by atoms with E-state index in [-0.39, 0.29) is 49.3 Å². The third-order valence-corrected chi connectivity index (χ3v) is 12.3. The topological polar surface area (TPSA) is 149 Å². The molecule has 11 heteroatoms. The summed E-state index contributed by atoms with van der Waals surface area (Å²) in [4.78, 5) is 57.6. The number of hydrogen-bond acceptors (Lipinski definition) is 10. The van der Waals surface area contributed by atoms with E-state index in [0.717, 1.165) is 36.8 Å². The van der Waals surface area contributed by atoms with Crippen LogP contribution in [0.15, 0.2) is 35.5 Å². The number of methoxy groups -OCH3 is 2. The maximum Gasteiger partial charge on any atom is 0.329 e. The van der Waals surface area contributed by atoms with Crippen LogP contribution >= 0.6 is 0 Å². The van der Waals surface area contributed by atoms with E-state index in [1.54, 1.807) is 28.1 Å². The van der Waals surface area contributed by atoms with Gasteiger partial charge in [-0.3, -0.25) is 14.4 Å². The Bertz CT molecular complexity index is 1410. The molecule has 2 fully saturated rings. The van der Waals surface area contributed by atoms with E-state index >= 15 is 0 Å². The molecule has 0 aromatic carbocycles. The Morgan fingerprint density at radius 2 is 1.72 bits per heavy atom. The summed E-state index contributed by atoms with van der Waals surface area (Å²) in [5, 5.41) is 23.7. The van der Waals surface area contributed by atoms with E-state index in [9.17, 15) is 29.4 Å². The predicted octanol–water partition coefficient (Wildman–Crippen LogP) is 6.04. The van der Waals surface area contributed by atoms with E-state index in [0.29, 0.717) is 32.1 Å². The van der Waals surface area contributed by atoms with Crippen LogP contribution in [0.4, 0.5) is 0 Å². The molecule has 304 valence electrons. The lowest BCUT2D eigenvalue weighted by Crippen LogP contribution is -2.64. The maximum atomic E-state index is 14.2. The molecule has 2 saturated heterocycles. The van der Waals surface area contributed by atoms with Gasteiger partial charge in [0.05, 0.1) is 18.3 Å². The van der Waals surface area contributed by atoms with Crippen molar-refractivity contribution < 1.29 is 48.3 Å². The van der Waals surface area contributed by atoms with Gasteiger partial charge in [0, 0.05) is 44.9 Å². The summed E-state index contributed by atoms with van der Waals surface area (Å²) in [6.45, 7) is 11.6. The van der Waals surface area contributed by atoms with E-state index in [1.165, 1.54) is 4.90 Å². The number of allylic oxidation sites excluding steroid dienone is 5. The molecule has 54 heavy (non-hydrogen) atoms. The van der Waals surface area contributed by atoms with Gasteiger partial charge in [-0.1, -0.05) is 64.0 Å². The van der Waals surface area contributed by atoms with Crippen molar-refractivity contribution in [2.45, 2.75) is 161 Å². The van der Waals surface area contributed by atoms with Gasteiger partial charge < -0.3 is 34.1 Å².